The zero-order valence-electron chi connectivity index (χ0n) is 21.3. The quantitative estimate of drug-likeness (QED) is 0.127. The smallest absolute Gasteiger partial charge is 0.175 e. The average molecular weight is 650 g/mol. The Morgan fingerprint density at radius 3 is 1.23 bits per heavy atom. The number of hydrogen-bond acceptors (Lipinski definition) is 4. The summed E-state index contributed by atoms with van der Waals surface area (Å²) in [6.45, 7) is 0. The van der Waals surface area contributed by atoms with Crippen LogP contribution < -0.4 is 31.5 Å². The van der Waals surface area contributed by atoms with Gasteiger partial charge >= 0.3 is 0 Å². The Kier molecular flexibility index (Phi) is 10.2. The van der Waals surface area contributed by atoms with Crippen molar-refractivity contribution in [2.75, 3.05) is 45.6 Å². The van der Waals surface area contributed by atoms with Crippen LogP contribution in [0.4, 0.5) is 39.8 Å². The molecule has 0 saturated heterocycles. The number of thiocarbonyl (C=S) groups is 2. The van der Waals surface area contributed by atoms with Crippen molar-refractivity contribution in [1.29, 1.82) is 0 Å². The van der Waals surface area contributed by atoms with Gasteiger partial charge in [0.15, 0.2) is 10.2 Å². The third-order valence-electron chi connectivity index (χ3n) is 5.36. The summed E-state index contributed by atoms with van der Waals surface area (Å²) in [5.41, 5.74) is 5.54. The van der Waals surface area contributed by atoms with E-state index < -0.39 is 0 Å². The number of nitrogens with zero attached hydrogens (tertiary/aromatic N) is 1. The molecule has 206 valence electrons. The molecule has 0 radical (unpaired) electrons. The van der Waals surface area contributed by atoms with Crippen molar-refractivity contribution in [3.8, 4) is 0 Å². The fourth-order valence-electron chi connectivity index (χ4n) is 3.69. The van der Waals surface area contributed by atoms with Crippen molar-refractivity contribution in [1.82, 2.24) is 0 Å². The molecule has 0 spiro atoms. The molecule has 4 rings (SSSR count). The fraction of sp³-hybridized carbons (Fsp3) is 0.0714. The van der Waals surface area contributed by atoms with E-state index in [1.807, 2.05) is 61.5 Å². The molecule has 5 N–H and O–H groups in total. The molecular weight excluding hydrogens is 626 g/mol. The molecule has 0 aliphatic carbocycles. The highest BCUT2D eigenvalue weighted by Gasteiger charge is 2.08. The van der Waals surface area contributed by atoms with Crippen molar-refractivity contribution in [3.63, 3.8) is 0 Å². The maximum absolute atomic E-state index is 6.12. The molecule has 0 aliphatic rings. The highest BCUT2D eigenvalue weighted by molar-refractivity contribution is 7.81. The molecule has 0 atom stereocenters. The van der Waals surface area contributed by atoms with E-state index in [1.165, 1.54) is 0 Å². The number of hydrogen-bond donors (Lipinski definition) is 5. The Morgan fingerprint density at radius 1 is 0.500 bits per heavy atom. The van der Waals surface area contributed by atoms with Gasteiger partial charge in [-0.25, -0.2) is 0 Å². The first-order chi connectivity index (χ1) is 19.0. The van der Waals surface area contributed by atoms with E-state index in [0.717, 1.165) is 17.1 Å². The largest absolute Gasteiger partial charge is 0.378 e. The molecule has 0 amide bonds. The number of anilines is 7. The lowest BCUT2D eigenvalue weighted by atomic mass is 10.2. The second-order valence-electron chi connectivity index (χ2n) is 8.84. The minimum Gasteiger partial charge on any atom is -0.378 e. The van der Waals surface area contributed by atoms with Gasteiger partial charge in [-0.3, -0.25) is 0 Å². The summed E-state index contributed by atoms with van der Waals surface area (Å²) in [6, 6.07) is 24.0. The van der Waals surface area contributed by atoms with Crippen LogP contribution in [-0.2, 0) is 0 Å². The molecule has 0 saturated carbocycles. The van der Waals surface area contributed by atoms with Gasteiger partial charge in [-0.05, 0) is 103 Å². The summed E-state index contributed by atoms with van der Waals surface area (Å²) >= 11 is 35.6. The van der Waals surface area contributed by atoms with Gasteiger partial charge in [-0.15, -0.1) is 0 Å². The minimum atomic E-state index is 0.353. The van der Waals surface area contributed by atoms with E-state index in [9.17, 15) is 0 Å². The predicted molar refractivity (Wildman–Crippen MR) is 183 cm³/mol. The normalized spacial score (nSPS) is 10.4. The number of benzene rings is 4. The lowest BCUT2D eigenvalue weighted by Crippen LogP contribution is -2.21. The SMILES string of the molecule is CN(C)c1ccc(Nc2cc(NC(=S)Nc3cc(Cl)cc(Cl)c3)cc(NC(=S)Nc3cc(Cl)cc(Cl)c3)c2)cc1. The third kappa shape index (κ3) is 9.02. The van der Waals surface area contributed by atoms with Crippen molar-refractivity contribution < 1.29 is 0 Å². The molecule has 0 fully saturated rings. The first-order valence-corrected chi connectivity index (χ1v) is 14.1. The number of nitrogens with one attached hydrogen (secondary N) is 5. The summed E-state index contributed by atoms with van der Waals surface area (Å²) in [6.07, 6.45) is 0. The Labute approximate surface area is 264 Å². The molecule has 40 heavy (non-hydrogen) atoms. The van der Waals surface area contributed by atoms with Crippen LogP contribution in [0, 0.1) is 0 Å². The Balaban J connectivity index is 1.55. The van der Waals surface area contributed by atoms with Crippen LogP contribution >= 0.6 is 70.8 Å². The van der Waals surface area contributed by atoms with Crippen LogP contribution in [0.15, 0.2) is 78.9 Å². The average Bonchev–Trinajstić information content (AvgIpc) is 2.82. The van der Waals surface area contributed by atoms with E-state index in [0.29, 0.717) is 53.1 Å². The first kappa shape index (κ1) is 30.0. The van der Waals surface area contributed by atoms with Crippen molar-refractivity contribution in [2.45, 2.75) is 0 Å². The van der Waals surface area contributed by atoms with Gasteiger partial charge in [0.05, 0.1) is 0 Å². The van der Waals surface area contributed by atoms with Gasteiger partial charge in [0.1, 0.15) is 0 Å². The minimum absolute atomic E-state index is 0.353. The lowest BCUT2D eigenvalue weighted by Gasteiger charge is -2.17. The van der Waals surface area contributed by atoms with Crippen LogP contribution in [0.1, 0.15) is 0 Å². The second kappa shape index (κ2) is 13.6. The standard InChI is InChI=1S/C28H24Cl4N6S2/c1-38(2)26-5-3-20(4-6-26)33-23-13-24(36-27(39)34-21-9-16(29)7-17(30)10-21)15-25(14-23)37-28(40)35-22-11-18(31)8-19(32)12-22/h3-15,33H,1-2H3,(H2,34,36,39)(H2,35,37,40). The Hall–Kier alpha value is -2.98. The van der Waals surface area contributed by atoms with Crippen molar-refractivity contribution in [3.05, 3.63) is 99.0 Å². The van der Waals surface area contributed by atoms with E-state index in [2.05, 4.69) is 26.6 Å². The van der Waals surface area contributed by atoms with Crippen LogP contribution in [0.5, 0.6) is 0 Å². The molecular formula is C28H24Cl4N6S2. The van der Waals surface area contributed by atoms with Gasteiger partial charge in [0.2, 0.25) is 0 Å². The molecule has 12 heteroatoms. The summed E-state index contributed by atoms with van der Waals surface area (Å²) in [7, 11) is 4.00. The highest BCUT2D eigenvalue weighted by atomic mass is 35.5. The summed E-state index contributed by atoms with van der Waals surface area (Å²) in [4.78, 5) is 2.04. The van der Waals surface area contributed by atoms with Crippen molar-refractivity contribution in [2.24, 2.45) is 0 Å². The predicted octanol–water partition coefficient (Wildman–Crippen LogP) is 9.73. The fourth-order valence-corrected chi connectivity index (χ4v) is 5.22. The van der Waals surface area contributed by atoms with Crippen LogP contribution in [0.2, 0.25) is 20.1 Å². The molecule has 0 heterocycles. The maximum atomic E-state index is 6.12. The molecule has 0 aliphatic heterocycles. The molecule has 4 aromatic rings. The molecule has 0 bridgehead atoms. The lowest BCUT2D eigenvalue weighted by molar-refractivity contribution is 1.13. The van der Waals surface area contributed by atoms with Crippen LogP contribution in [0.3, 0.4) is 0 Å². The Morgan fingerprint density at radius 2 is 0.850 bits per heavy atom. The maximum Gasteiger partial charge on any atom is 0.175 e. The van der Waals surface area contributed by atoms with Gasteiger partial charge in [0, 0.05) is 74.0 Å². The topological polar surface area (TPSA) is 63.4 Å². The summed E-state index contributed by atoms with van der Waals surface area (Å²) in [5, 5.41) is 18.8. The summed E-state index contributed by atoms with van der Waals surface area (Å²) in [5.74, 6) is 0. The van der Waals surface area contributed by atoms with E-state index in [-0.39, 0.29) is 0 Å². The van der Waals surface area contributed by atoms with Gasteiger partial charge < -0.3 is 31.5 Å². The van der Waals surface area contributed by atoms with Gasteiger partial charge in [-0.1, -0.05) is 46.4 Å². The molecule has 0 unspecified atom stereocenters. The number of halogens is 4. The van der Waals surface area contributed by atoms with Crippen molar-refractivity contribution >= 4 is 121 Å². The van der Waals surface area contributed by atoms with Gasteiger partial charge in [-0.2, -0.15) is 0 Å². The number of rotatable bonds is 7. The highest BCUT2D eigenvalue weighted by Crippen LogP contribution is 2.28. The zero-order valence-corrected chi connectivity index (χ0v) is 25.9. The van der Waals surface area contributed by atoms with Crippen LogP contribution in [-0.4, -0.2) is 24.3 Å². The van der Waals surface area contributed by atoms with E-state index in [1.54, 1.807) is 36.4 Å². The summed E-state index contributed by atoms with van der Waals surface area (Å²) < 4.78 is 0. The monoisotopic (exact) mass is 648 g/mol. The van der Waals surface area contributed by atoms with Gasteiger partial charge in [0.25, 0.3) is 0 Å². The first-order valence-electron chi connectivity index (χ1n) is 11.8. The molecule has 0 aromatic heterocycles. The molecule has 4 aromatic carbocycles. The zero-order chi connectivity index (χ0) is 28.8. The van der Waals surface area contributed by atoms with E-state index >= 15 is 0 Å². The Bertz CT molecular complexity index is 1420. The second-order valence-corrected chi connectivity index (χ2v) is 11.4. The van der Waals surface area contributed by atoms with Crippen LogP contribution in [0.25, 0.3) is 0 Å². The molecule has 6 nitrogen and oxygen atoms in total. The van der Waals surface area contributed by atoms with E-state index in [4.69, 9.17) is 70.8 Å². The third-order valence-corrected chi connectivity index (χ3v) is 6.64.